The van der Waals surface area contributed by atoms with Crippen LogP contribution in [0.1, 0.15) is 23.6 Å². The summed E-state index contributed by atoms with van der Waals surface area (Å²) >= 11 is 0. The van der Waals surface area contributed by atoms with Crippen LogP contribution in [0.25, 0.3) is 0 Å². The maximum Gasteiger partial charge on any atom is 0.144 e. The molecular formula is C23H23O3. The minimum absolute atomic E-state index is 0.755. The average molecular weight is 347 g/mol. The van der Waals surface area contributed by atoms with E-state index in [4.69, 9.17) is 14.2 Å². The van der Waals surface area contributed by atoms with Gasteiger partial charge in [-0.2, -0.15) is 0 Å². The van der Waals surface area contributed by atoms with Crippen LogP contribution < -0.4 is 9.47 Å². The number of benzene rings is 3. The summed E-state index contributed by atoms with van der Waals surface area (Å²) in [4.78, 5) is 0. The molecule has 0 aliphatic carbocycles. The van der Waals surface area contributed by atoms with Crippen LogP contribution in [0.2, 0.25) is 0 Å². The molecule has 0 spiro atoms. The van der Waals surface area contributed by atoms with Gasteiger partial charge in [-0.25, -0.2) is 0 Å². The van der Waals surface area contributed by atoms with Crippen LogP contribution in [-0.4, -0.2) is 14.2 Å². The van der Waals surface area contributed by atoms with Crippen LogP contribution in [0.5, 0.6) is 11.5 Å². The molecule has 0 N–H and O–H groups in total. The predicted octanol–water partition coefficient (Wildman–Crippen LogP) is 5.19. The first-order valence-corrected chi connectivity index (χ1v) is 8.55. The SMILES string of the molecule is C[CH]OC(c1ccccc1)(c1ccc(OC)cc1)c1ccc(OC)cc1. The van der Waals surface area contributed by atoms with Gasteiger partial charge in [0.1, 0.15) is 17.1 Å². The van der Waals surface area contributed by atoms with Crippen LogP contribution in [0, 0.1) is 6.61 Å². The van der Waals surface area contributed by atoms with Gasteiger partial charge < -0.3 is 14.2 Å². The van der Waals surface area contributed by atoms with Crippen molar-refractivity contribution >= 4 is 0 Å². The quantitative estimate of drug-likeness (QED) is 0.550. The maximum atomic E-state index is 6.33. The predicted molar refractivity (Wildman–Crippen MR) is 103 cm³/mol. The van der Waals surface area contributed by atoms with Crippen molar-refractivity contribution < 1.29 is 14.2 Å². The van der Waals surface area contributed by atoms with E-state index >= 15 is 0 Å². The van der Waals surface area contributed by atoms with Crippen molar-refractivity contribution in [2.24, 2.45) is 0 Å². The summed E-state index contributed by atoms with van der Waals surface area (Å²) in [6.45, 7) is 3.63. The van der Waals surface area contributed by atoms with Gasteiger partial charge in [-0.3, -0.25) is 0 Å². The van der Waals surface area contributed by atoms with Crippen LogP contribution in [0.3, 0.4) is 0 Å². The van der Waals surface area contributed by atoms with Crippen LogP contribution in [-0.2, 0) is 10.3 Å². The van der Waals surface area contributed by atoms with Crippen molar-refractivity contribution in [2.45, 2.75) is 12.5 Å². The Bertz CT molecular complexity index is 761. The van der Waals surface area contributed by atoms with Gasteiger partial charge in [-0.15, -0.1) is 0 Å². The first-order valence-electron chi connectivity index (χ1n) is 8.55. The van der Waals surface area contributed by atoms with Crippen LogP contribution in [0.15, 0.2) is 78.9 Å². The molecule has 0 aliphatic rings. The molecule has 0 saturated carbocycles. The van der Waals surface area contributed by atoms with Gasteiger partial charge >= 0.3 is 0 Å². The van der Waals surface area contributed by atoms with E-state index in [1.807, 2.05) is 73.7 Å². The normalized spacial score (nSPS) is 11.2. The summed E-state index contributed by atoms with van der Waals surface area (Å²) < 4.78 is 17.0. The molecule has 3 rings (SSSR count). The van der Waals surface area contributed by atoms with Crippen molar-refractivity contribution in [3.63, 3.8) is 0 Å². The molecule has 3 heteroatoms. The van der Waals surface area contributed by atoms with E-state index in [-0.39, 0.29) is 0 Å². The standard InChI is InChI=1S/C23H23O3/c1-4-26-23(18-8-6-5-7-9-18,19-10-14-21(24-2)15-11-19)20-12-16-22(25-3)17-13-20/h4-17H,1-3H3. The Morgan fingerprint density at radius 1 is 0.615 bits per heavy atom. The lowest BCUT2D eigenvalue weighted by atomic mass is 9.80. The molecule has 1 radical (unpaired) electrons. The lowest BCUT2D eigenvalue weighted by Crippen LogP contribution is -2.31. The number of hydrogen-bond acceptors (Lipinski definition) is 3. The second kappa shape index (κ2) is 8.07. The van der Waals surface area contributed by atoms with Gasteiger partial charge in [0.05, 0.1) is 20.8 Å². The molecular weight excluding hydrogens is 324 g/mol. The molecule has 0 fully saturated rings. The van der Waals surface area contributed by atoms with Crippen molar-refractivity contribution in [3.05, 3.63) is 102 Å². The fourth-order valence-electron chi connectivity index (χ4n) is 3.21. The third-order valence-electron chi connectivity index (χ3n) is 4.47. The van der Waals surface area contributed by atoms with Gasteiger partial charge in [0, 0.05) is 0 Å². The van der Waals surface area contributed by atoms with Crippen molar-refractivity contribution in [3.8, 4) is 11.5 Å². The molecule has 26 heavy (non-hydrogen) atoms. The minimum Gasteiger partial charge on any atom is -0.497 e. The molecule has 0 heterocycles. The zero-order valence-corrected chi connectivity index (χ0v) is 15.3. The van der Waals surface area contributed by atoms with E-state index in [0.29, 0.717) is 0 Å². The summed E-state index contributed by atoms with van der Waals surface area (Å²) in [7, 11) is 3.33. The van der Waals surface area contributed by atoms with E-state index in [1.165, 1.54) is 0 Å². The summed E-state index contributed by atoms with van der Waals surface area (Å²) in [6.07, 6.45) is 0. The molecule has 133 valence electrons. The topological polar surface area (TPSA) is 27.7 Å². The van der Waals surface area contributed by atoms with Gasteiger partial charge in [-0.05, 0) is 47.9 Å². The van der Waals surface area contributed by atoms with E-state index in [0.717, 1.165) is 28.2 Å². The zero-order chi connectivity index (χ0) is 18.4. The van der Waals surface area contributed by atoms with E-state index in [1.54, 1.807) is 20.8 Å². The highest BCUT2D eigenvalue weighted by Crippen LogP contribution is 2.41. The monoisotopic (exact) mass is 347 g/mol. The Hall–Kier alpha value is -2.78. The Balaban J connectivity index is 2.23. The summed E-state index contributed by atoms with van der Waals surface area (Å²) in [5.74, 6) is 1.62. The number of rotatable bonds is 7. The van der Waals surface area contributed by atoms with Gasteiger partial charge in [-0.1, -0.05) is 54.6 Å². The van der Waals surface area contributed by atoms with Gasteiger partial charge in [0.15, 0.2) is 0 Å². The highest BCUT2D eigenvalue weighted by molar-refractivity contribution is 5.49. The second-order valence-corrected chi connectivity index (χ2v) is 5.86. The summed E-state index contributed by atoms with van der Waals surface area (Å²) in [5.41, 5.74) is 2.34. The fourth-order valence-corrected chi connectivity index (χ4v) is 3.21. The first-order chi connectivity index (χ1) is 12.7. The zero-order valence-electron chi connectivity index (χ0n) is 15.3. The van der Waals surface area contributed by atoms with Gasteiger partial charge in [0.2, 0.25) is 0 Å². The molecule has 3 aromatic rings. The van der Waals surface area contributed by atoms with Crippen LogP contribution in [0.4, 0.5) is 0 Å². The Morgan fingerprint density at radius 2 is 1.04 bits per heavy atom. The molecule has 0 amide bonds. The van der Waals surface area contributed by atoms with E-state index < -0.39 is 5.60 Å². The third kappa shape index (κ3) is 3.31. The first kappa shape index (κ1) is 18.0. The highest BCUT2D eigenvalue weighted by atomic mass is 16.5. The molecule has 0 aromatic heterocycles. The maximum absolute atomic E-state index is 6.33. The molecule has 3 aromatic carbocycles. The summed E-state index contributed by atoms with van der Waals surface area (Å²) in [6, 6.07) is 26.2. The second-order valence-electron chi connectivity index (χ2n) is 5.86. The lowest BCUT2D eigenvalue weighted by molar-refractivity contribution is 0.0647. The fraction of sp³-hybridized carbons (Fsp3) is 0.174. The smallest absolute Gasteiger partial charge is 0.144 e. The van der Waals surface area contributed by atoms with Crippen molar-refractivity contribution in [2.75, 3.05) is 14.2 Å². The summed E-state index contributed by atoms with van der Waals surface area (Å²) in [5, 5.41) is 0. The Kier molecular flexibility index (Phi) is 5.59. The molecule has 0 bridgehead atoms. The third-order valence-corrected chi connectivity index (χ3v) is 4.47. The lowest BCUT2D eigenvalue weighted by Gasteiger charge is -2.35. The van der Waals surface area contributed by atoms with E-state index in [9.17, 15) is 0 Å². The molecule has 0 saturated heterocycles. The molecule has 3 nitrogen and oxygen atoms in total. The number of ether oxygens (including phenoxy) is 3. The minimum atomic E-state index is -0.755. The van der Waals surface area contributed by atoms with Gasteiger partial charge in [0.25, 0.3) is 0 Å². The van der Waals surface area contributed by atoms with Crippen molar-refractivity contribution in [1.82, 2.24) is 0 Å². The molecule has 0 unspecified atom stereocenters. The molecule has 0 aliphatic heterocycles. The van der Waals surface area contributed by atoms with Crippen molar-refractivity contribution in [1.29, 1.82) is 0 Å². The number of methoxy groups -OCH3 is 2. The van der Waals surface area contributed by atoms with E-state index in [2.05, 4.69) is 12.1 Å². The Morgan fingerprint density at radius 3 is 1.42 bits per heavy atom. The van der Waals surface area contributed by atoms with Crippen LogP contribution >= 0.6 is 0 Å². The Labute approximate surface area is 155 Å². The number of hydrogen-bond donors (Lipinski definition) is 0. The molecule has 0 atom stereocenters. The largest absolute Gasteiger partial charge is 0.497 e. The average Bonchev–Trinajstić information content (AvgIpc) is 2.73. The highest BCUT2D eigenvalue weighted by Gasteiger charge is 2.37.